The second kappa shape index (κ2) is 8.63. The number of rotatable bonds is 6. The third-order valence-corrected chi connectivity index (χ3v) is 5.57. The van der Waals surface area contributed by atoms with E-state index in [-0.39, 0.29) is 0 Å². The summed E-state index contributed by atoms with van der Waals surface area (Å²) in [6.45, 7) is 6.20. The van der Waals surface area contributed by atoms with Crippen LogP contribution >= 0.6 is 0 Å². The first-order chi connectivity index (χ1) is 13.7. The summed E-state index contributed by atoms with van der Waals surface area (Å²) in [5.41, 5.74) is 2.58. The molecule has 1 aliphatic heterocycles. The van der Waals surface area contributed by atoms with Crippen molar-refractivity contribution in [3.05, 3.63) is 71.8 Å². The molecule has 0 aromatic heterocycles. The van der Waals surface area contributed by atoms with Gasteiger partial charge in [-0.3, -0.25) is 9.80 Å². The smallest absolute Gasteiger partial charge is 0.123 e. The van der Waals surface area contributed by atoms with Crippen molar-refractivity contribution in [1.82, 2.24) is 9.80 Å². The van der Waals surface area contributed by atoms with Gasteiger partial charge in [0.05, 0.1) is 14.2 Å². The number of benzene rings is 3. The van der Waals surface area contributed by atoms with Crippen molar-refractivity contribution in [2.45, 2.75) is 13.1 Å². The molecule has 4 nitrogen and oxygen atoms in total. The van der Waals surface area contributed by atoms with E-state index in [4.69, 9.17) is 9.47 Å². The molecule has 1 aliphatic rings. The highest BCUT2D eigenvalue weighted by Gasteiger charge is 2.18. The number of piperazine rings is 1. The van der Waals surface area contributed by atoms with Gasteiger partial charge in [-0.1, -0.05) is 36.4 Å². The summed E-state index contributed by atoms with van der Waals surface area (Å²) < 4.78 is 10.9. The molecule has 0 unspecified atom stereocenters. The van der Waals surface area contributed by atoms with Crippen molar-refractivity contribution in [1.29, 1.82) is 0 Å². The maximum Gasteiger partial charge on any atom is 0.123 e. The van der Waals surface area contributed by atoms with E-state index in [2.05, 4.69) is 58.3 Å². The minimum atomic E-state index is 0.880. The Morgan fingerprint density at radius 2 is 1.43 bits per heavy atom. The second-order valence-electron chi connectivity index (χ2n) is 7.41. The highest BCUT2D eigenvalue weighted by molar-refractivity contribution is 5.82. The average Bonchev–Trinajstić information content (AvgIpc) is 2.75. The number of hydrogen-bond acceptors (Lipinski definition) is 4. The van der Waals surface area contributed by atoms with Crippen LogP contribution in [0.25, 0.3) is 10.8 Å². The molecular formula is C24H28N2O2. The lowest BCUT2D eigenvalue weighted by atomic mass is 10.1. The van der Waals surface area contributed by atoms with Crippen molar-refractivity contribution >= 4 is 10.8 Å². The average molecular weight is 377 g/mol. The Kier molecular flexibility index (Phi) is 5.79. The fourth-order valence-electron chi connectivity index (χ4n) is 3.95. The van der Waals surface area contributed by atoms with Gasteiger partial charge in [0.2, 0.25) is 0 Å². The molecular weight excluding hydrogens is 348 g/mol. The third kappa shape index (κ3) is 4.29. The predicted molar refractivity (Wildman–Crippen MR) is 114 cm³/mol. The van der Waals surface area contributed by atoms with Crippen LogP contribution in [0, 0.1) is 0 Å². The highest BCUT2D eigenvalue weighted by Crippen LogP contribution is 2.26. The van der Waals surface area contributed by atoms with Crippen LogP contribution in [0.5, 0.6) is 11.5 Å². The van der Waals surface area contributed by atoms with Crippen molar-refractivity contribution in [2.24, 2.45) is 0 Å². The monoisotopic (exact) mass is 376 g/mol. The van der Waals surface area contributed by atoms with Crippen LogP contribution in [0.15, 0.2) is 60.7 Å². The van der Waals surface area contributed by atoms with Crippen LogP contribution in [0.1, 0.15) is 11.1 Å². The zero-order valence-corrected chi connectivity index (χ0v) is 16.7. The summed E-state index contributed by atoms with van der Waals surface area (Å²) in [5.74, 6) is 1.81. The normalized spacial score (nSPS) is 15.6. The van der Waals surface area contributed by atoms with E-state index in [1.165, 1.54) is 21.9 Å². The van der Waals surface area contributed by atoms with Gasteiger partial charge in [0.15, 0.2) is 0 Å². The van der Waals surface area contributed by atoms with E-state index in [1.54, 1.807) is 14.2 Å². The Bertz CT molecular complexity index is 933. The van der Waals surface area contributed by atoms with E-state index < -0.39 is 0 Å². The van der Waals surface area contributed by atoms with Gasteiger partial charge in [-0.05, 0) is 40.6 Å². The summed E-state index contributed by atoms with van der Waals surface area (Å²) in [4.78, 5) is 5.04. The standard InChI is InChI=1S/C24H28N2O2/c1-27-23-9-10-24(28-2)22(16-23)18-26-13-11-25(12-14-26)17-19-7-8-20-5-3-4-6-21(20)15-19/h3-10,15-16H,11-14,17-18H2,1-2H3. The van der Waals surface area contributed by atoms with E-state index in [0.29, 0.717) is 0 Å². The maximum atomic E-state index is 5.53. The molecule has 1 saturated heterocycles. The first-order valence-electron chi connectivity index (χ1n) is 9.88. The van der Waals surface area contributed by atoms with Gasteiger partial charge in [0.1, 0.15) is 11.5 Å². The minimum Gasteiger partial charge on any atom is -0.497 e. The summed E-state index contributed by atoms with van der Waals surface area (Å²) in [6.07, 6.45) is 0. The lowest BCUT2D eigenvalue weighted by Crippen LogP contribution is -2.45. The molecule has 4 heteroatoms. The molecule has 0 radical (unpaired) electrons. The van der Waals surface area contributed by atoms with Gasteiger partial charge < -0.3 is 9.47 Å². The second-order valence-corrected chi connectivity index (χ2v) is 7.41. The molecule has 4 rings (SSSR count). The SMILES string of the molecule is COc1ccc(OC)c(CN2CCN(Cc3ccc4ccccc4c3)CC2)c1. The Labute approximate surface area is 167 Å². The molecule has 3 aromatic carbocycles. The molecule has 1 fully saturated rings. The quantitative estimate of drug-likeness (QED) is 0.644. The van der Waals surface area contributed by atoms with Crippen LogP contribution in [0.3, 0.4) is 0 Å². The number of methoxy groups -OCH3 is 2. The molecule has 0 bridgehead atoms. The van der Waals surface area contributed by atoms with E-state index in [0.717, 1.165) is 50.8 Å². The topological polar surface area (TPSA) is 24.9 Å². The largest absolute Gasteiger partial charge is 0.497 e. The number of hydrogen-bond donors (Lipinski definition) is 0. The number of nitrogens with zero attached hydrogens (tertiary/aromatic N) is 2. The van der Waals surface area contributed by atoms with Crippen LogP contribution in [0.2, 0.25) is 0 Å². The zero-order valence-electron chi connectivity index (χ0n) is 16.7. The fourth-order valence-corrected chi connectivity index (χ4v) is 3.95. The summed E-state index contributed by atoms with van der Waals surface area (Å²) >= 11 is 0. The number of ether oxygens (including phenoxy) is 2. The highest BCUT2D eigenvalue weighted by atomic mass is 16.5. The molecule has 28 heavy (non-hydrogen) atoms. The Morgan fingerprint density at radius 1 is 0.714 bits per heavy atom. The Balaban J connectivity index is 1.35. The van der Waals surface area contributed by atoms with E-state index in [9.17, 15) is 0 Å². The van der Waals surface area contributed by atoms with Crippen molar-refractivity contribution in [3.8, 4) is 11.5 Å². The predicted octanol–water partition coefficient (Wildman–Crippen LogP) is 4.17. The molecule has 3 aromatic rings. The van der Waals surface area contributed by atoms with Gasteiger partial charge in [0, 0.05) is 44.8 Å². The summed E-state index contributed by atoms with van der Waals surface area (Å²) in [6, 6.07) is 21.4. The maximum absolute atomic E-state index is 5.53. The Hall–Kier alpha value is -2.56. The lowest BCUT2D eigenvalue weighted by Gasteiger charge is -2.35. The lowest BCUT2D eigenvalue weighted by molar-refractivity contribution is 0.121. The van der Waals surface area contributed by atoms with Gasteiger partial charge >= 0.3 is 0 Å². The minimum absolute atomic E-state index is 0.880. The van der Waals surface area contributed by atoms with Crippen molar-refractivity contribution in [3.63, 3.8) is 0 Å². The summed E-state index contributed by atoms with van der Waals surface area (Å²) in [5, 5.41) is 2.63. The first kappa shape index (κ1) is 18.8. The van der Waals surface area contributed by atoms with E-state index in [1.807, 2.05) is 12.1 Å². The molecule has 0 amide bonds. The van der Waals surface area contributed by atoms with Crippen LogP contribution in [-0.4, -0.2) is 50.2 Å². The fraction of sp³-hybridized carbons (Fsp3) is 0.333. The summed E-state index contributed by atoms with van der Waals surface area (Å²) in [7, 11) is 3.43. The Morgan fingerprint density at radius 3 is 2.14 bits per heavy atom. The molecule has 0 saturated carbocycles. The molecule has 146 valence electrons. The number of fused-ring (bicyclic) bond motifs is 1. The first-order valence-corrected chi connectivity index (χ1v) is 9.88. The molecule has 0 N–H and O–H groups in total. The molecule has 0 spiro atoms. The van der Waals surface area contributed by atoms with Crippen LogP contribution < -0.4 is 9.47 Å². The van der Waals surface area contributed by atoms with Crippen LogP contribution in [-0.2, 0) is 13.1 Å². The van der Waals surface area contributed by atoms with Gasteiger partial charge in [-0.2, -0.15) is 0 Å². The van der Waals surface area contributed by atoms with E-state index >= 15 is 0 Å². The van der Waals surface area contributed by atoms with Gasteiger partial charge in [-0.15, -0.1) is 0 Å². The molecule has 1 heterocycles. The van der Waals surface area contributed by atoms with Crippen molar-refractivity contribution in [2.75, 3.05) is 40.4 Å². The molecule has 0 atom stereocenters. The van der Waals surface area contributed by atoms with Gasteiger partial charge in [-0.25, -0.2) is 0 Å². The van der Waals surface area contributed by atoms with Crippen LogP contribution in [0.4, 0.5) is 0 Å². The zero-order chi connectivity index (χ0) is 19.3. The van der Waals surface area contributed by atoms with Crippen molar-refractivity contribution < 1.29 is 9.47 Å². The third-order valence-electron chi connectivity index (χ3n) is 5.57. The van der Waals surface area contributed by atoms with Gasteiger partial charge in [0.25, 0.3) is 0 Å². The molecule has 0 aliphatic carbocycles.